The minimum absolute atomic E-state index is 0.0268. The molecule has 0 aromatic heterocycles. The fraction of sp³-hybridized carbons (Fsp3) is 0.750. The van der Waals surface area contributed by atoms with Crippen LogP contribution >= 0.6 is 0 Å². The van der Waals surface area contributed by atoms with E-state index in [0.29, 0.717) is 0 Å². The van der Waals surface area contributed by atoms with Gasteiger partial charge in [-0.15, -0.1) is 0 Å². The number of nitrogens with zero attached hydrogens (tertiary/aromatic N) is 1. The average Bonchev–Trinajstić information content (AvgIpc) is 1.96. The van der Waals surface area contributed by atoms with Crippen molar-refractivity contribution in [1.29, 1.82) is 0 Å². The summed E-state index contributed by atoms with van der Waals surface area (Å²) in [7, 11) is 1.48. The highest BCUT2D eigenvalue weighted by Gasteiger charge is 2.16. The Balaban J connectivity index is 3.95. The van der Waals surface area contributed by atoms with Crippen LogP contribution in [0.25, 0.3) is 0 Å². The van der Waals surface area contributed by atoms with Crippen molar-refractivity contribution >= 4 is 12.1 Å². The maximum Gasteiger partial charge on any atom is 0.414 e. The first-order valence-corrected chi connectivity index (χ1v) is 4.14. The van der Waals surface area contributed by atoms with Gasteiger partial charge in [-0.2, -0.15) is 0 Å². The molecule has 0 aliphatic rings. The molecule has 0 fully saturated rings. The van der Waals surface area contributed by atoms with E-state index in [1.54, 1.807) is 20.8 Å². The van der Waals surface area contributed by atoms with Crippen molar-refractivity contribution in [3.05, 3.63) is 0 Å². The maximum atomic E-state index is 11.1. The van der Waals surface area contributed by atoms with Gasteiger partial charge in [0.25, 0.3) is 0 Å². The van der Waals surface area contributed by atoms with Gasteiger partial charge in [0.05, 0.1) is 0 Å². The van der Waals surface area contributed by atoms with Crippen molar-refractivity contribution in [3.63, 3.8) is 0 Å². The third kappa shape index (κ3) is 7.35. The van der Waals surface area contributed by atoms with Crippen LogP contribution in [0.15, 0.2) is 4.99 Å². The van der Waals surface area contributed by atoms with E-state index < -0.39 is 11.7 Å². The largest absolute Gasteiger partial charge is 0.444 e. The first-order chi connectivity index (χ1) is 6.35. The summed E-state index contributed by atoms with van der Waals surface area (Å²) < 4.78 is 9.57. The summed E-state index contributed by atoms with van der Waals surface area (Å²) in [6.07, 6.45) is -0.630. The molecule has 0 bridgehead atoms. The van der Waals surface area contributed by atoms with Gasteiger partial charge in [-0.25, -0.2) is 9.79 Å². The van der Waals surface area contributed by atoms with E-state index in [4.69, 9.17) is 10.5 Å². The third-order valence-electron chi connectivity index (χ3n) is 0.993. The fourth-order valence-electron chi connectivity index (χ4n) is 0.582. The minimum Gasteiger partial charge on any atom is -0.444 e. The Bertz CT molecular complexity index is 220. The number of nitrogens with one attached hydrogen (secondary N) is 1. The number of amides is 1. The van der Waals surface area contributed by atoms with Gasteiger partial charge in [0, 0.05) is 7.11 Å². The molecule has 0 aliphatic carbocycles. The van der Waals surface area contributed by atoms with E-state index in [-0.39, 0.29) is 12.7 Å². The lowest BCUT2D eigenvalue weighted by Crippen LogP contribution is -2.40. The Morgan fingerprint density at radius 1 is 1.50 bits per heavy atom. The first-order valence-electron chi connectivity index (χ1n) is 4.14. The van der Waals surface area contributed by atoms with Crippen molar-refractivity contribution < 1.29 is 14.3 Å². The van der Waals surface area contributed by atoms with Gasteiger partial charge in [0.15, 0.2) is 5.96 Å². The van der Waals surface area contributed by atoms with E-state index in [1.165, 1.54) is 7.11 Å². The van der Waals surface area contributed by atoms with Crippen LogP contribution in [0, 0.1) is 0 Å². The number of ether oxygens (including phenoxy) is 2. The Morgan fingerprint density at radius 2 is 2.07 bits per heavy atom. The summed E-state index contributed by atoms with van der Waals surface area (Å²) in [4.78, 5) is 14.8. The molecule has 0 heterocycles. The zero-order valence-electron chi connectivity index (χ0n) is 8.96. The highest BCUT2D eigenvalue weighted by molar-refractivity contribution is 5.92. The molecule has 1 amide bonds. The van der Waals surface area contributed by atoms with E-state index >= 15 is 0 Å². The number of guanidine groups is 1. The van der Waals surface area contributed by atoms with Gasteiger partial charge >= 0.3 is 6.09 Å². The molecule has 0 atom stereocenters. The highest BCUT2D eigenvalue weighted by atomic mass is 16.6. The quantitative estimate of drug-likeness (QED) is 0.503. The van der Waals surface area contributed by atoms with Gasteiger partial charge in [0.1, 0.15) is 12.3 Å². The van der Waals surface area contributed by atoms with Gasteiger partial charge in [0.2, 0.25) is 0 Å². The van der Waals surface area contributed by atoms with Crippen LogP contribution in [0.4, 0.5) is 4.79 Å². The molecule has 14 heavy (non-hydrogen) atoms. The zero-order valence-corrected chi connectivity index (χ0v) is 8.96. The van der Waals surface area contributed by atoms with Crippen LogP contribution in [0.1, 0.15) is 20.8 Å². The molecule has 0 aliphatic heterocycles. The van der Waals surface area contributed by atoms with Crippen molar-refractivity contribution in [1.82, 2.24) is 5.32 Å². The van der Waals surface area contributed by atoms with Crippen LogP contribution in [0.3, 0.4) is 0 Å². The van der Waals surface area contributed by atoms with Gasteiger partial charge in [-0.05, 0) is 20.8 Å². The number of alkyl carbamates (subject to hydrolysis) is 1. The summed E-state index contributed by atoms with van der Waals surface area (Å²) in [6, 6.07) is 0. The molecule has 6 heteroatoms. The van der Waals surface area contributed by atoms with Gasteiger partial charge in [-0.3, -0.25) is 5.32 Å². The zero-order chi connectivity index (χ0) is 11.2. The van der Waals surface area contributed by atoms with Crippen LogP contribution in [0.2, 0.25) is 0 Å². The third-order valence-corrected chi connectivity index (χ3v) is 0.993. The van der Waals surface area contributed by atoms with Gasteiger partial charge in [-0.1, -0.05) is 0 Å². The molecule has 0 aromatic rings. The predicted octanol–water partition coefficient (Wildman–Crippen LogP) is 0.430. The molecule has 6 nitrogen and oxygen atoms in total. The molecule has 82 valence electrons. The number of nitrogens with two attached hydrogens (primary N) is 1. The summed E-state index contributed by atoms with van der Waals surface area (Å²) in [6.45, 7) is 5.38. The van der Waals surface area contributed by atoms with Crippen molar-refractivity contribution in [2.24, 2.45) is 10.7 Å². The van der Waals surface area contributed by atoms with Crippen molar-refractivity contribution in [2.45, 2.75) is 26.4 Å². The van der Waals surface area contributed by atoms with Crippen molar-refractivity contribution in [3.8, 4) is 0 Å². The van der Waals surface area contributed by atoms with E-state index in [2.05, 4.69) is 15.0 Å². The topological polar surface area (TPSA) is 85.9 Å². The summed E-state index contributed by atoms with van der Waals surface area (Å²) in [5.41, 5.74) is 4.79. The molecule has 0 saturated heterocycles. The number of methoxy groups -OCH3 is 1. The normalized spacial score (nSPS) is 12.4. The minimum atomic E-state index is -0.630. The Kier molecular flexibility index (Phi) is 4.93. The molecule has 0 radical (unpaired) electrons. The second kappa shape index (κ2) is 5.43. The number of aliphatic imine (C=N–C) groups is 1. The lowest BCUT2D eigenvalue weighted by atomic mass is 10.2. The Hall–Kier alpha value is -1.30. The Morgan fingerprint density at radius 3 is 2.50 bits per heavy atom. The second-order valence-corrected chi connectivity index (χ2v) is 3.59. The molecule has 0 saturated carbocycles. The van der Waals surface area contributed by atoms with Crippen LogP contribution in [-0.4, -0.2) is 31.5 Å². The lowest BCUT2D eigenvalue weighted by molar-refractivity contribution is 0.0562. The molecule has 3 N–H and O–H groups in total. The second-order valence-electron chi connectivity index (χ2n) is 3.59. The smallest absolute Gasteiger partial charge is 0.414 e. The van der Waals surface area contributed by atoms with E-state index in [9.17, 15) is 4.79 Å². The fourth-order valence-corrected chi connectivity index (χ4v) is 0.582. The number of rotatable bonds is 2. The van der Waals surface area contributed by atoms with Crippen LogP contribution in [0.5, 0.6) is 0 Å². The molecular weight excluding hydrogens is 186 g/mol. The van der Waals surface area contributed by atoms with Crippen LogP contribution < -0.4 is 11.1 Å². The number of hydrogen-bond acceptors (Lipinski definition) is 4. The molecule has 0 rings (SSSR count). The molecular formula is C8H17N3O3. The molecule has 0 aromatic carbocycles. The number of hydrogen-bond donors (Lipinski definition) is 2. The van der Waals surface area contributed by atoms with Crippen LogP contribution in [-0.2, 0) is 9.47 Å². The standard InChI is InChI=1S/C8H17N3O3/c1-8(2,3)14-7(12)11-6(9)10-5-13-4/h5H2,1-4H3,(H3,9,10,11,12). The van der Waals surface area contributed by atoms with E-state index in [1.807, 2.05) is 0 Å². The SMILES string of the molecule is COCN=C(N)NC(=O)OC(C)(C)C. The summed E-state index contributed by atoms with van der Waals surface area (Å²) in [5, 5.41) is 2.26. The predicted molar refractivity (Wildman–Crippen MR) is 52.9 cm³/mol. The monoisotopic (exact) mass is 203 g/mol. The summed E-state index contributed by atoms with van der Waals surface area (Å²) in [5.74, 6) is -0.0268. The summed E-state index contributed by atoms with van der Waals surface area (Å²) >= 11 is 0. The highest BCUT2D eigenvalue weighted by Crippen LogP contribution is 2.05. The van der Waals surface area contributed by atoms with Gasteiger partial charge < -0.3 is 15.2 Å². The molecule has 0 spiro atoms. The molecule has 0 unspecified atom stereocenters. The van der Waals surface area contributed by atoms with E-state index in [0.717, 1.165) is 0 Å². The average molecular weight is 203 g/mol. The van der Waals surface area contributed by atoms with Crippen molar-refractivity contribution in [2.75, 3.05) is 13.8 Å². The number of carbonyl (C=O) groups is 1. The first kappa shape index (κ1) is 12.7. The number of carbonyl (C=O) groups excluding carboxylic acids is 1. The maximum absolute atomic E-state index is 11.1. The lowest BCUT2D eigenvalue weighted by Gasteiger charge is -2.19. The Labute approximate surface area is 83.5 Å².